The predicted molar refractivity (Wildman–Crippen MR) is 58.4 cm³/mol. The molecule has 0 aromatic rings. The lowest BCUT2D eigenvalue weighted by molar-refractivity contribution is -0.00518. The molecule has 2 rings (SSSR count). The van der Waals surface area contributed by atoms with Gasteiger partial charge in [-0.2, -0.15) is 0 Å². The van der Waals surface area contributed by atoms with Crippen molar-refractivity contribution < 1.29 is 4.74 Å². The van der Waals surface area contributed by atoms with Crippen molar-refractivity contribution in [3.63, 3.8) is 0 Å². The largest absolute Gasteiger partial charge is 0.378 e. The van der Waals surface area contributed by atoms with Gasteiger partial charge in [0.2, 0.25) is 0 Å². The number of ether oxygens (including phenoxy) is 1. The highest BCUT2D eigenvalue weighted by atomic mass is 16.5. The van der Waals surface area contributed by atoms with E-state index in [0.29, 0.717) is 6.10 Å². The monoisotopic (exact) mass is 197 g/mol. The van der Waals surface area contributed by atoms with Crippen LogP contribution < -0.4 is 5.32 Å². The van der Waals surface area contributed by atoms with E-state index < -0.39 is 0 Å². The highest BCUT2D eigenvalue weighted by molar-refractivity contribution is 4.87. The van der Waals surface area contributed by atoms with Crippen LogP contribution in [-0.2, 0) is 4.74 Å². The second-order valence-electron chi connectivity index (χ2n) is 5.06. The van der Waals surface area contributed by atoms with Gasteiger partial charge in [-0.25, -0.2) is 0 Å². The van der Waals surface area contributed by atoms with Crippen LogP contribution in [0.15, 0.2) is 0 Å². The van der Waals surface area contributed by atoms with E-state index in [-0.39, 0.29) is 0 Å². The zero-order valence-electron chi connectivity index (χ0n) is 9.46. The van der Waals surface area contributed by atoms with Crippen LogP contribution in [0.2, 0.25) is 0 Å². The third kappa shape index (κ3) is 2.48. The SMILES string of the molecule is CCC1CC(NC2CC(C)C2)CCO1. The summed E-state index contributed by atoms with van der Waals surface area (Å²) in [4.78, 5) is 0. The summed E-state index contributed by atoms with van der Waals surface area (Å²) in [5.41, 5.74) is 0. The topological polar surface area (TPSA) is 21.3 Å². The van der Waals surface area contributed by atoms with Gasteiger partial charge in [-0.15, -0.1) is 0 Å². The van der Waals surface area contributed by atoms with Crippen LogP contribution in [0, 0.1) is 5.92 Å². The maximum absolute atomic E-state index is 5.67. The Morgan fingerprint density at radius 1 is 1.21 bits per heavy atom. The maximum atomic E-state index is 5.67. The highest BCUT2D eigenvalue weighted by Gasteiger charge is 2.29. The molecule has 1 saturated carbocycles. The molecule has 0 amide bonds. The van der Waals surface area contributed by atoms with Gasteiger partial charge in [-0.3, -0.25) is 0 Å². The molecule has 1 aliphatic heterocycles. The predicted octanol–water partition coefficient (Wildman–Crippen LogP) is 2.33. The van der Waals surface area contributed by atoms with Crippen LogP contribution in [0.25, 0.3) is 0 Å². The minimum atomic E-state index is 0.513. The van der Waals surface area contributed by atoms with E-state index in [4.69, 9.17) is 4.74 Å². The van der Waals surface area contributed by atoms with E-state index in [2.05, 4.69) is 19.2 Å². The lowest BCUT2D eigenvalue weighted by atomic mass is 9.81. The Kier molecular flexibility index (Phi) is 3.45. The molecule has 2 aliphatic rings. The zero-order valence-corrected chi connectivity index (χ0v) is 9.46. The first-order valence-corrected chi connectivity index (χ1v) is 6.15. The second kappa shape index (κ2) is 4.63. The lowest BCUT2D eigenvalue weighted by Crippen LogP contribution is -2.48. The molecule has 0 aromatic carbocycles. The average molecular weight is 197 g/mol. The lowest BCUT2D eigenvalue weighted by Gasteiger charge is -2.39. The molecule has 0 bridgehead atoms. The molecule has 2 nitrogen and oxygen atoms in total. The summed E-state index contributed by atoms with van der Waals surface area (Å²) >= 11 is 0. The van der Waals surface area contributed by atoms with Crippen LogP contribution >= 0.6 is 0 Å². The molecule has 0 spiro atoms. The maximum Gasteiger partial charge on any atom is 0.0587 e. The van der Waals surface area contributed by atoms with Gasteiger partial charge in [0, 0.05) is 18.7 Å². The van der Waals surface area contributed by atoms with Gasteiger partial charge in [0.15, 0.2) is 0 Å². The van der Waals surface area contributed by atoms with Crippen LogP contribution in [-0.4, -0.2) is 24.8 Å². The number of rotatable bonds is 3. The van der Waals surface area contributed by atoms with Crippen LogP contribution in [0.3, 0.4) is 0 Å². The van der Waals surface area contributed by atoms with Gasteiger partial charge in [-0.1, -0.05) is 13.8 Å². The Labute approximate surface area is 87.4 Å². The summed E-state index contributed by atoms with van der Waals surface area (Å²) in [7, 11) is 0. The molecule has 1 saturated heterocycles. The smallest absolute Gasteiger partial charge is 0.0587 e. The Hall–Kier alpha value is -0.0800. The van der Waals surface area contributed by atoms with Gasteiger partial charge in [0.1, 0.15) is 0 Å². The van der Waals surface area contributed by atoms with Crippen molar-refractivity contribution in [3.05, 3.63) is 0 Å². The van der Waals surface area contributed by atoms with Crippen molar-refractivity contribution in [2.75, 3.05) is 6.61 Å². The van der Waals surface area contributed by atoms with Crippen molar-refractivity contribution in [2.45, 2.75) is 64.1 Å². The molecule has 0 aromatic heterocycles. The molecule has 1 N–H and O–H groups in total. The minimum absolute atomic E-state index is 0.513. The average Bonchev–Trinajstić information content (AvgIpc) is 2.16. The third-order valence-corrected chi connectivity index (χ3v) is 3.67. The molecule has 2 unspecified atom stereocenters. The Balaban J connectivity index is 1.69. The van der Waals surface area contributed by atoms with Crippen molar-refractivity contribution in [3.8, 4) is 0 Å². The summed E-state index contributed by atoms with van der Waals surface area (Å²) in [6.07, 6.45) is 6.88. The Morgan fingerprint density at radius 2 is 2.00 bits per heavy atom. The summed E-state index contributed by atoms with van der Waals surface area (Å²) in [5, 5.41) is 3.77. The third-order valence-electron chi connectivity index (χ3n) is 3.67. The van der Waals surface area contributed by atoms with Gasteiger partial charge in [0.05, 0.1) is 6.10 Å². The van der Waals surface area contributed by atoms with E-state index >= 15 is 0 Å². The molecule has 2 heteroatoms. The normalized spacial score (nSPS) is 43.3. The fraction of sp³-hybridized carbons (Fsp3) is 1.00. The van der Waals surface area contributed by atoms with E-state index in [1.54, 1.807) is 0 Å². The van der Waals surface area contributed by atoms with Crippen molar-refractivity contribution in [2.24, 2.45) is 5.92 Å². The van der Waals surface area contributed by atoms with Gasteiger partial charge < -0.3 is 10.1 Å². The second-order valence-corrected chi connectivity index (χ2v) is 5.06. The molecule has 2 atom stereocenters. The van der Waals surface area contributed by atoms with Crippen LogP contribution in [0.4, 0.5) is 0 Å². The first-order valence-electron chi connectivity index (χ1n) is 6.15. The van der Waals surface area contributed by atoms with E-state index in [1.165, 1.54) is 32.1 Å². The van der Waals surface area contributed by atoms with E-state index in [0.717, 1.165) is 24.6 Å². The molecule has 82 valence electrons. The summed E-state index contributed by atoms with van der Waals surface area (Å²) in [5.74, 6) is 0.953. The fourth-order valence-corrected chi connectivity index (χ4v) is 2.69. The molecule has 2 fully saturated rings. The Bertz CT molecular complexity index is 177. The van der Waals surface area contributed by atoms with Crippen molar-refractivity contribution in [1.29, 1.82) is 0 Å². The van der Waals surface area contributed by atoms with E-state index in [9.17, 15) is 0 Å². The number of hydrogen-bond donors (Lipinski definition) is 1. The van der Waals surface area contributed by atoms with Crippen LogP contribution in [0.5, 0.6) is 0 Å². The first-order chi connectivity index (χ1) is 6.78. The molecule has 0 radical (unpaired) electrons. The molecule has 14 heavy (non-hydrogen) atoms. The Morgan fingerprint density at radius 3 is 2.64 bits per heavy atom. The standard InChI is InChI=1S/C12H23NO/c1-3-12-8-10(4-5-14-12)13-11-6-9(2)7-11/h9-13H,3-8H2,1-2H3. The summed E-state index contributed by atoms with van der Waals surface area (Å²) in [6.45, 7) is 5.52. The quantitative estimate of drug-likeness (QED) is 0.750. The molecular weight excluding hydrogens is 174 g/mol. The molecule has 1 heterocycles. The number of nitrogens with one attached hydrogen (secondary N) is 1. The summed E-state index contributed by atoms with van der Waals surface area (Å²) in [6, 6.07) is 1.54. The van der Waals surface area contributed by atoms with Gasteiger partial charge in [-0.05, 0) is 38.0 Å². The molecule has 1 aliphatic carbocycles. The number of hydrogen-bond acceptors (Lipinski definition) is 2. The zero-order chi connectivity index (χ0) is 9.97. The summed E-state index contributed by atoms with van der Waals surface area (Å²) < 4.78 is 5.67. The van der Waals surface area contributed by atoms with Gasteiger partial charge >= 0.3 is 0 Å². The van der Waals surface area contributed by atoms with E-state index in [1.807, 2.05) is 0 Å². The first kappa shape index (κ1) is 10.4. The highest BCUT2D eigenvalue weighted by Crippen LogP contribution is 2.28. The van der Waals surface area contributed by atoms with Gasteiger partial charge in [0.25, 0.3) is 0 Å². The van der Waals surface area contributed by atoms with Crippen molar-refractivity contribution >= 4 is 0 Å². The molecular formula is C12H23NO. The van der Waals surface area contributed by atoms with Crippen LogP contribution in [0.1, 0.15) is 46.0 Å². The minimum Gasteiger partial charge on any atom is -0.378 e. The fourth-order valence-electron chi connectivity index (χ4n) is 2.69. The van der Waals surface area contributed by atoms with Crippen molar-refractivity contribution in [1.82, 2.24) is 5.32 Å².